The van der Waals surface area contributed by atoms with Gasteiger partial charge in [0.25, 0.3) is 5.69 Å². The van der Waals surface area contributed by atoms with E-state index >= 15 is 0 Å². The van der Waals surface area contributed by atoms with Crippen molar-refractivity contribution >= 4 is 21.6 Å². The van der Waals surface area contributed by atoms with Gasteiger partial charge in [-0.2, -0.15) is 4.31 Å². The predicted octanol–water partition coefficient (Wildman–Crippen LogP) is 3.07. The van der Waals surface area contributed by atoms with Crippen molar-refractivity contribution in [2.24, 2.45) is 0 Å². The maximum atomic E-state index is 13.0. The lowest BCUT2D eigenvalue weighted by Gasteiger charge is -2.34. The van der Waals surface area contributed by atoms with Crippen LogP contribution >= 0.6 is 0 Å². The van der Waals surface area contributed by atoms with Gasteiger partial charge in [-0.25, -0.2) is 8.42 Å². The van der Waals surface area contributed by atoms with E-state index in [-0.39, 0.29) is 29.6 Å². The van der Waals surface area contributed by atoms with Gasteiger partial charge in [0.15, 0.2) is 0 Å². The van der Waals surface area contributed by atoms with E-state index in [1.807, 2.05) is 6.92 Å². The minimum Gasteiger partial charge on any atom is -0.340 e. The van der Waals surface area contributed by atoms with Crippen molar-refractivity contribution in [3.63, 3.8) is 0 Å². The summed E-state index contributed by atoms with van der Waals surface area (Å²) >= 11 is 0. The van der Waals surface area contributed by atoms with Crippen LogP contribution in [-0.4, -0.2) is 54.6 Å². The summed E-state index contributed by atoms with van der Waals surface area (Å²) in [5.41, 5.74) is 2.60. The Kier molecular flexibility index (Phi) is 7.07. The van der Waals surface area contributed by atoms with Crippen LogP contribution < -0.4 is 0 Å². The van der Waals surface area contributed by atoms with E-state index in [4.69, 9.17) is 0 Å². The largest absolute Gasteiger partial charge is 0.340 e. The molecule has 166 valence electrons. The molecule has 0 atom stereocenters. The van der Waals surface area contributed by atoms with Crippen LogP contribution in [0, 0.1) is 24.0 Å². The summed E-state index contributed by atoms with van der Waals surface area (Å²) in [5, 5.41) is 11.0. The first kappa shape index (κ1) is 22.9. The molecular weight excluding hydrogens is 418 g/mol. The lowest BCUT2D eigenvalue weighted by molar-refractivity contribution is -0.385. The monoisotopic (exact) mass is 445 g/mol. The first-order chi connectivity index (χ1) is 14.7. The zero-order valence-electron chi connectivity index (χ0n) is 17.8. The number of nitro groups is 1. The van der Waals surface area contributed by atoms with E-state index < -0.39 is 14.9 Å². The number of rotatable bonds is 7. The van der Waals surface area contributed by atoms with E-state index in [0.717, 1.165) is 18.9 Å². The van der Waals surface area contributed by atoms with Crippen molar-refractivity contribution in [2.75, 3.05) is 26.2 Å². The second-order valence-corrected chi connectivity index (χ2v) is 9.74. The molecule has 2 aromatic rings. The Hall–Kier alpha value is -2.78. The number of carbonyl (C=O) groups excluding carboxylic acids is 1. The maximum Gasteiger partial charge on any atom is 0.270 e. The van der Waals surface area contributed by atoms with E-state index in [9.17, 15) is 23.3 Å². The summed E-state index contributed by atoms with van der Waals surface area (Å²) in [7, 11) is -3.86. The number of benzene rings is 2. The molecule has 3 rings (SSSR count). The van der Waals surface area contributed by atoms with Gasteiger partial charge in [-0.15, -0.1) is 0 Å². The summed E-state index contributed by atoms with van der Waals surface area (Å²) in [6.45, 7) is 4.63. The van der Waals surface area contributed by atoms with Gasteiger partial charge in [-0.05, 0) is 37.8 Å². The molecule has 9 heteroatoms. The number of sulfonamides is 1. The molecular formula is C22H27N3O5S. The molecule has 1 saturated heterocycles. The van der Waals surface area contributed by atoms with Crippen LogP contribution in [0.15, 0.2) is 47.4 Å². The van der Waals surface area contributed by atoms with E-state index in [1.54, 1.807) is 11.8 Å². The highest BCUT2D eigenvalue weighted by Gasteiger charge is 2.31. The Morgan fingerprint density at radius 2 is 1.68 bits per heavy atom. The fourth-order valence-electron chi connectivity index (χ4n) is 3.65. The van der Waals surface area contributed by atoms with Crippen LogP contribution in [0.4, 0.5) is 5.69 Å². The third kappa shape index (κ3) is 5.48. The number of hydrogen-bond acceptors (Lipinski definition) is 5. The van der Waals surface area contributed by atoms with Crippen LogP contribution in [0.3, 0.4) is 0 Å². The van der Waals surface area contributed by atoms with Crippen LogP contribution in [0.25, 0.3) is 0 Å². The molecule has 2 aromatic carbocycles. The summed E-state index contributed by atoms with van der Waals surface area (Å²) in [4.78, 5) is 24.6. The molecule has 0 spiro atoms. The lowest BCUT2D eigenvalue weighted by atomic mass is 10.1. The lowest BCUT2D eigenvalue weighted by Crippen LogP contribution is -2.50. The highest BCUT2D eigenvalue weighted by atomic mass is 32.2. The van der Waals surface area contributed by atoms with E-state index in [1.165, 1.54) is 27.6 Å². The summed E-state index contributed by atoms with van der Waals surface area (Å²) in [5.74, 6) is 0.0238. The van der Waals surface area contributed by atoms with Crippen molar-refractivity contribution in [1.82, 2.24) is 9.21 Å². The van der Waals surface area contributed by atoms with Crippen LogP contribution in [0.2, 0.25) is 0 Å². The molecule has 0 N–H and O–H groups in total. The summed E-state index contributed by atoms with van der Waals surface area (Å²) in [6.07, 6.45) is 1.99. The first-order valence-electron chi connectivity index (χ1n) is 10.3. The number of hydrogen-bond donors (Lipinski definition) is 0. The van der Waals surface area contributed by atoms with Gasteiger partial charge >= 0.3 is 0 Å². The Morgan fingerprint density at radius 1 is 1.03 bits per heavy atom. The van der Waals surface area contributed by atoms with Crippen LogP contribution in [0.5, 0.6) is 0 Å². The molecule has 0 saturated carbocycles. The standard InChI is InChI=1S/C22H27N3O5S/c1-17-6-9-19(10-7-17)4-3-5-22(26)23-12-14-24(15-13-23)31(29,30)21-16-20(25(27)28)11-8-18(21)2/h6-11,16H,3-5,12-15H2,1-2H3. The Labute approximate surface area is 182 Å². The van der Waals surface area contributed by atoms with Crippen molar-refractivity contribution in [2.45, 2.75) is 38.0 Å². The molecule has 0 aliphatic carbocycles. The topological polar surface area (TPSA) is 101 Å². The van der Waals surface area contributed by atoms with Crippen molar-refractivity contribution in [3.8, 4) is 0 Å². The number of piperazine rings is 1. The van der Waals surface area contributed by atoms with Gasteiger partial charge in [-0.3, -0.25) is 14.9 Å². The predicted molar refractivity (Wildman–Crippen MR) is 117 cm³/mol. The van der Waals surface area contributed by atoms with Gasteiger partial charge in [0, 0.05) is 44.7 Å². The average Bonchev–Trinajstić information content (AvgIpc) is 2.75. The summed E-state index contributed by atoms with van der Waals surface area (Å²) in [6, 6.07) is 12.1. The zero-order valence-corrected chi connectivity index (χ0v) is 18.6. The van der Waals surface area contributed by atoms with E-state index in [2.05, 4.69) is 24.3 Å². The molecule has 1 amide bonds. The SMILES string of the molecule is Cc1ccc(CCCC(=O)N2CCN(S(=O)(=O)c3cc([N+](=O)[O-])ccc3C)CC2)cc1. The molecule has 8 nitrogen and oxygen atoms in total. The molecule has 1 heterocycles. The average molecular weight is 446 g/mol. The number of carbonyl (C=O) groups is 1. The number of non-ortho nitro benzene ring substituents is 1. The molecule has 1 fully saturated rings. The molecule has 0 bridgehead atoms. The van der Waals surface area contributed by atoms with Gasteiger partial charge in [0.05, 0.1) is 9.82 Å². The highest BCUT2D eigenvalue weighted by Crippen LogP contribution is 2.25. The fourth-order valence-corrected chi connectivity index (χ4v) is 5.32. The van der Waals surface area contributed by atoms with Crippen molar-refractivity contribution in [3.05, 3.63) is 69.3 Å². The number of nitrogens with zero attached hydrogens (tertiary/aromatic N) is 3. The molecule has 1 aliphatic rings. The first-order valence-corrected chi connectivity index (χ1v) is 11.7. The zero-order chi connectivity index (χ0) is 22.6. The fraction of sp³-hybridized carbons (Fsp3) is 0.409. The Morgan fingerprint density at radius 3 is 2.29 bits per heavy atom. The van der Waals surface area contributed by atoms with Gasteiger partial charge in [-0.1, -0.05) is 35.9 Å². The maximum absolute atomic E-state index is 13.0. The van der Waals surface area contributed by atoms with Gasteiger partial charge in [0.1, 0.15) is 0 Å². The Bertz CT molecular complexity index is 1060. The van der Waals surface area contributed by atoms with E-state index in [0.29, 0.717) is 25.1 Å². The second-order valence-electron chi connectivity index (χ2n) is 7.83. The molecule has 1 aliphatic heterocycles. The second kappa shape index (κ2) is 9.57. The third-order valence-corrected chi connectivity index (χ3v) is 7.61. The van der Waals surface area contributed by atoms with Crippen LogP contribution in [-0.2, 0) is 21.2 Å². The van der Waals surface area contributed by atoms with Crippen molar-refractivity contribution < 1.29 is 18.1 Å². The number of amides is 1. The highest BCUT2D eigenvalue weighted by molar-refractivity contribution is 7.89. The van der Waals surface area contributed by atoms with Crippen molar-refractivity contribution in [1.29, 1.82) is 0 Å². The minimum absolute atomic E-state index is 0.0238. The van der Waals surface area contributed by atoms with Crippen LogP contribution in [0.1, 0.15) is 29.5 Å². The smallest absolute Gasteiger partial charge is 0.270 e. The number of aryl methyl sites for hydroxylation is 3. The van der Waals surface area contributed by atoms with Gasteiger partial charge in [0.2, 0.25) is 15.9 Å². The van der Waals surface area contributed by atoms with Gasteiger partial charge < -0.3 is 4.90 Å². The molecule has 0 aromatic heterocycles. The molecule has 31 heavy (non-hydrogen) atoms. The minimum atomic E-state index is -3.86. The number of nitro benzene ring substituents is 1. The summed E-state index contributed by atoms with van der Waals surface area (Å²) < 4.78 is 27.3. The molecule has 0 radical (unpaired) electrons. The Balaban J connectivity index is 1.56. The normalized spacial score (nSPS) is 15.1. The quantitative estimate of drug-likeness (QED) is 0.482. The third-order valence-electron chi connectivity index (χ3n) is 5.57. The molecule has 0 unspecified atom stereocenters.